The van der Waals surface area contributed by atoms with Gasteiger partial charge < -0.3 is 4.90 Å². The number of likely N-dealkylation sites (tertiary alicyclic amines) is 1. The second kappa shape index (κ2) is 7.23. The molecule has 27 heavy (non-hydrogen) atoms. The smallest absolute Gasteiger partial charge is 0.274 e. The summed E-state index contributed by atoms with van der Waals surface area (Å²) in [5.41, 5.74) is 3.95. The van der Waals surface area contributed by atoms with E-state index in [4.69, 9.17) is 0 Å². The van der Waals surface area contributed by atoms with E-state index >= 15 is 0 Å². The van der Waals surface area contributed by atoms with Crippen LogP contribution in [0.25, 0.3) is 11.1 Å². The average molecular weight is 362 g/mol. The fraction of sp³-hybridized carbons (Fsp3) is 0.238. The van der Waals surface area contributed by atoms with Crippen molar-refractivity contribution >= 4 is 5.91 Å². The normalized spacial score (nSPS) is 16.5. The molecule has 136 valence electrons. The summed E-state index contributed by atoms with van der Waals surface area (Å²) >= 11 is 0. The summed E-state index contributed by atoms with van der Waals surface area (Å²) in [6, 6.07) is 10.3. The Morgan fingerprint density at radius 2 is 1.96 bits per heavy atom. The molecule has 3 heterocycles. The lowest BCUT2D eigenvalue weighted by Gasteiger charge is -2.24. The Morgan fingerprint density at radius 1 is 1.15 bits per heavy atom. The summed E-state index contributed by atoms with van der Waals surface area (Å²) in [5, 5.41) is 0. The largest absolute Gasteiger partial charge is 0.329 e. The van der Waals surface area contributed by atoms with Crippen LogP contribution in [0.2, 0.25) is 0 Å². The van der Waals surface area contributed by atoms with Crippen molar-refractivity contribution in [2.75, 3.05) is 6.54 Å². The standard InChI is InChI=1S/C21H19FN4O/c1-14-11-16(15-4-6-17(22)7-5-15)12-18(25-14)20-3-2-10-26(20)21(27)19-13-23-8-9-24-19/h4-9,11-13,20H,2-3,10H2,1H3. The maximum absolute atomic E-state index is 13.2. The molecule has 1 atom stereocenters. The van der Waals surface area contributed by atoms with Crippen molar-refractivity contribution in [1.82, 2.24) is 19.9 Å². The van der Waals surface area contributed by atoms with Crippen molar-refractivity contribution in [3.05, 3.63) is 77.9 Å². The van der Waals surface area contributed by atoms with E-state index in [2.05, 4.69) is 15.0 Å². The summed E-state index contributed by atoms with van der Waals surface area (Å²) in [7, 11) is 0. The predicted octanol–water partition coefficient (Wildman–Crippen LogP) is 3.96. The number of hydrogen-bond acceptors (Lipinski definition) is 4. The van der Waals surface area contributed by atoms with E-state index in [9.17, 15) is 9.18 Å². The molecule has 1 saturated heterocycles. The first-order valence-electron chi connectivity index (χ1n) is 8.93. The van der Waals surface area contributed by atoms with Gasteiger partial charge in [0, 0.05) is 24.6 Å². The quantitative estimate of drug-likeness (QED) is 0.707. The zero-order valence-corrected chi connectivity index (χ0v) is 15.0. The van der Waals surface area contributed by atoms with Crippen LogP contribution in [0.1, 0.15) is 40.8 Å². The minimum absolute atomic E-state index is 0.0985. The zero-order valence-electron chi connectivity index (χ0n) is 15.0. The SMILES string of the molecule is Cc1cc(-c2ccc(F)cc2)cc(C2CCCN2C(=O)c2cnccn2)n1. The van der Waals surface area contributed by atoms with Crippen LogP contribution in [0.4, 0.5) is 4.39 Å². The number of halogens is 1. The Balaban J connectivity index is 1.68. The van der Waals surface area contributed by atoms with Crippen molar-refractivity contribution in [1.29, 1.82) is 0 Å². The molecule has 0 saturated carbocycles. The van der Waals surface area contributed by atoms with Gasteiger partial charge in [0.25, 0.3) is 5.91 Å². The van der Waals surface area contributed by atoms with Crippen molar-refractivity contribution in [2.45, 2.75) is 25.8 Å². The van der Waals surface area contributed by atoms with Crippen LogP contribution in [0.3, 0.4) is 0 Å². The number of carbonyl (C=O) groups excluding carboxylic acids is 1. The van der Waals surface area contributed by atoms with E-state index in [-0.39, 0.29) is 17.8 Å². The molecule has 1 aliphatic rings. The van der Waals surface area contributed by atoms with Crippen LogP contribution in [-0.4, -0.2) is 32.3 Å². The van der Waals surface area contributed by atoms with Gasteiger partial charge in [-0.25, -0.2) is 9.37 Å². The summed E-state index contributed by atoms with van der Waals surface area (Å²) in [5.74, 6) is -0.390. The molecule has 0 spiro atoms. The lowest BCUT2D eigenvalue weighted by molar-refractivity contribution is 0.0726. The Labute approximate surface area is 156 Å². The molecule has 1 amide bonds. The molecular formula is C21H19FN4O. The second-order valence-electron chi connectivity index (χ2n) is 6.68. The van der Waals surface area contributed by atoms with E-state index in [1.165, 1.54) is 24.5 Å². The molecule has 0 radical (unpaired) electrons. The fourth-order valence-corrected chi connectivity index (χ4v) is 3.55. The Morgan fingerprint density at radius 3 is 2.70 bits per heavy atom. The van der Waals surface area contributed by atoms with E-state index in [0.717, 1.165) is 35.4 Å². The molecule has 0 aliphatic carbocycles. The predicted molar refractivity (Wildman–Crippen MR) is 99.4 cm³/mol. The van der Waals surface area contributed by atoms with Crippen molar-refractivity contribution < 1.29 is 9.18 Å². The first kappa shape index (κ1) is 17.3. The number of rotatable bonds is 3. The lowest BCUT2D eigenvalue weighted by atomic mass is 10.0. The Hall–Kier alpha value is -3.15. The third-order valence-corrected chi connectivity index (χ3v) is 4.79. The number of aryl methyl sites for hydroxylation is 1. The topological polar surface area (TPSA) is 59.0 Å². The Kier molecular flexibility index (Phi) is 4.62. The van der Waals surface area contributed by atoms with E-state index in [0.29, 0.717) is 12.2 Å². The van der Waals surface area contributed by atoms with Crippen LogP contribution in [-0.2, 0) is 0 Å². The maximum Gasteiger partial charge on any atom is 0.274 e. The second-order valence-corrected chi connectivity index (χ2v) is 6.68. The molecule has 3 aromatic rings. The van der Waals surface area contributed by atoms with Gasteiger partial charge in [0.05, 0.1) is 17.9 Å². The molecule has 1 fully saturated rings. The van der Waals surface area contributed by atoms with Gasteiger partial charge in [-0.3, -0.25) is 14.8 Å². The van der Waals surface area contributed by atoms with Gasteiger partial charge in [-0.1, -0.05) is 12.1 Å². The first-order valence-corrected chi connectivity index (χ1v) is 8.93. The van der Waals surface area contributed by atoms with Crippen LogP contribution in [0, 0.1) is 12.7 Å². The molecule has 4 rings (SSSR count). The van der Waals surface area contributed by atoms with Crippen LogP contribution in [0.15, 0.2) is 55.0 Å². The van der Waals surface area contributed by atoms with Crippen LogP contribution >= 0.6 is 0 Å². The number of nitrogens with zero attached hydrogens (tertiary/aromatic N) is 4. The van der Waals surface area contributed by atoms with Gasteiger partial charge >= 0.3 is 0 Å². The summed E-state index contributed by atoms with van der Waals surface area (Å²) in [6.45, 7) is 2.60. The van der Waals surface area contributed by atoms with Crippen molar-refractivity contribution in [3.63, 3.8) is 0 Å². The van der Waals surface area contributed by atoms with Gasteiger partial charge in [0.15, 0.2) is 0 Å². The molecule has 1 aromatic carbocycles. The molecular weight excluding hydrogens is 343 g/mol. The zero-order chi connectivity index (χ0) is 18.8. The minimum Gasteiger partial charge on any atom is -0.329 e. The number of aromatic nitrogens is 3. The highest BCUT2D eigenvalue weighted by Gasteiger charge is 2.32. The molecule has 5 nitrogen and oxygen atoms in total. The number of pyridine rings is 1. The fourth-order valence-electron chi connectivity index (χ4n) is 3.55. The molecule has 6 heteroatoms. The highest BCUT2D eigenvalue weighted by atomic mass is 19.1. The first-order chi connectivity index (χ1) is 13.1. The number of amides is 1. The van der Waals surface area contributed by atoms with Gasteiger partial charge in [-0.05, 0) is 55.2 Å². The maximum atomic E-state index is 13.2. The van der Waals surface area contributed by atoms with Crippen molar-refractivity contribution in [2.24, 2.45) is 0 Å². The highest BCUT2D eigenvalue weighted by molar-refractivity contribution is 5.92. The summed E-state index contributed by atoms with van der Waals surface area (Å²) in [6.07, 6.45) is 6.33. The number of benzene rings is 1. The van der Waals surface area contributed by atoms with Gasteiger partial charge in [0.1, 0.15) is 11.5 Å². The third kappa shape index (κ3) is 3.56. The minimum atomic E-state index is -0.263. The Bertz CT molecular complexity index is 960. The number of carbonyl (C=O) groups is 1. The third-order valence-electron chi connectivity index (χ3n) is 4.79. The van der Waals surface area contributed by atoms with Crippen molar-refractivity contribution in [3.8, 4) is 11.1 Å². The summed E-state index contributed by atoms with van der Waals surface area (Å²) in [4.78, 5) is 27.5. The molecule has 0 bridgehead atoms. The van der Waals surface area contributed by atoms with E-state index in [1.807, 2.05) is 24.0 Å². The summed E-state index contributed by atoms with van der Waals surface area (Å²) < 4.78 is 13.2. The molecule has 1 aliphatic heterocycles. The van der Waals surface area contributed by atoms with E-state index < -0.39 is 0 Å². The lowest BCUT2D eigenvalue weighted by Crippen LogP contribution is -2.31. The van der Waals surface area contributed by atoms with Gasteiger partial charge in [-0.2, -0.15) is 0 Å². The molecule has 2 aromatic heterocycles. The van der Waals surface area contributed by atoms with Crippen LogP contribution in [0.5, 0.6) is 0 Å². The monoisotopic (exact) mass is 362 g/mol. The molecule has 1 unspecified atom stereocenters. The van der Waals surface area contributed by atoms with E-state index in [1.54, 1.807) is 18.3 Å². The average Bonchev–Trinajstić information content (AvgIpc) is 3.18. The highest BCUT2D eigenvalue weighted by Crippen LogP contribution is 2.34. The van der Waals surface area contributed by atoms with Crippen LogP contribution < -0.4 is 0 Å². The molecule has 0 N–H and O–H groups in total. The van der Waals surface area contributed by atoms with Gasteiger partial charge in [0.2, 0.25) is 0 Å². The van der Waals surface area contributed by atoms with Gasteiger partial charge in [-0.15, -0.1) is 0 Å². The number of hydrogen-bond donors (Lipinski definition) is 0.